The van der Waals surface area contributed by atoms with Gasteiger partial charge < -0.3 is 15.0 Å². The van der Waals surface area contributed by atoms with Crippen molar-refractivity contribution in [1.82, 2.24) is 5.32 Å². The summed E-state index contributed by atoms with van der Waals surface area (Å²) in [6.45, 7) is 14.2. The Balaban J connectivity index is 2.47. The molecule has 0 fully saturated rings. The van der Waals surface area contributed by atoms with Gasteiger partial charge in [0.1, 0.15) is 5.75 Å². The molecule has 1 N–H and O–H groups in total. The fourth-order valence-corrected chi connectivity index (χ4v) is 3.51. The number of fused-ring (bicyclic) bond motifs is 1. The molecule has 0 spiro atoms. The van der Waals surface area contributed by atoms with Crippen molar-refractivity contribution in [2.75, 3.05) is 25.1 Å². The number of nitrogens with one attached hydrogen (secondary N) is 1. The van der Waals surface area contributed by atoms with E-state index in [-0.39, 0.29) is 5.54 Å². The minimum Gasteiger partial charge on any atom is -0.496 e. The molecule has 0 atom stereocenters. The molecule has 23 heavy (non-hydrogen) atoms. The lowest BCUT2D eigenvalue weighted by Crippen LogP contribution is -2.45. The maximum atomic E-state index is 5.69. The Morgan fingerprint density at radius 2 is 1.91 bits per heavy atom. The Bertz CT molecular complexity index is 575. The summed E-state index contributed by atoms with van der Waals surface area (Å²) in [6.07, 6.45) is 4.67. The SMILES string of the molecule is CCCNCc1cc2c(cc1OC)N(CCC)C(C)(C)C=C2C. The van der Waals surface area contributed by atoms with E-state index in [1.165, 1.54) is 22.4 Å². The zero-order chi connectivity index (χ0) is 17.0. The van der Waals surface area contributed by atoms with Crippen molar-refractivity contribution in [3.63, 3.8) is 0 Å². The predicted molar refractivity (Wildman–Crippen MR) is 100 cm³/mol. The number of anilines is 1. The van der Waals surface area contributed by atoms with Crippen LogP contribution in [0.3, 0.4) is 0 Å². The second kappa shape index (κ2) is 7.39. The molecule has 1 aliphatic rings. The number of ether oxygens (including phenoxy) is 1. The van der Waals surface area contributed by atoms with E-state index in [0.717, 1.165) is 38.2 Å². The number of methoxy groups -OCH3 is 1. The van der Waals surface area contributed by atoms with E-state index in [0.29, 0.717) is 0 Å². The van der Waals surface area contributed by atoms with Gasteiger partial charge in [0.15, 0.2) is 0 Å². The van der Waals surface area contributed by atoms with Crippen molar-refractivity contribution in [2.45, 2.75) is 59.5 Å². The predicted octanol–water partition coefficient (Wildman–Crippen LogP) is 4.61. The van der Waals surface area contributed by atoms with E-state index >= 15 is 0 Å². The monoisotopic (exact) mass is 316 g/mol. The van der Waals surface area contributed by atoms with Gasteiger partial charge in [0.25, 0.3) is 0 Å². The standard InChI is InChI=1S/C20H32N2O/c1-7-9-21-14-16-11-17-15(3)13-20(4,5)22(10-8-2)18(17)12-19(16)23-6/h11-13,21H,7-10,14H2,1-6H3. The molecule has 0 saturated heterocycles. The number of hydrogen-bond acceptors (Lipinski definition) is 3. The Kier molecular flexibility index (Phi) is 5.74. The Labute approximate surface area is 141 Å². The largest absolute Gasteiger partial charge is 0.496 e. The van der Waals surface area contributed by atoms with Gasteiger partial charge in [0, 0.05) is 36.0 Å². The number of hydrogen-bond donors (Lipinski definition) is 1. The van der Waals surface area contributed by atoms with E-state index in [4.69, 9.17) is 4.74 Å². The van der Waals surface area contributed by atoms with Crippen LogP contribution < -0.4 is 15.0 Å². The Hall–Kier alpha value is -1.48. The van der Waals surface area contributed by atoms with Gasteiger partial charge in [-0.25, -0.2) is 0 Å². The van der Waals surface area contributed by atoms with Crippen LogP contribution in [0.4, 0.5) is 5.69 Å². The topological polar surface area (TPSA) is 24.5 Å². The lowest BCUT2D eigenvalue weighted by molar-refractivity contribution is 0.407. The van der Waals surface area contributed by atoms with Crippen molar-refractivity contribution in [1.29, 1.82) is 0 Å². The number of allylic oxidation sites excluding steroid dienone is 1. The fourth-order valence-electron chi connectivity index (χ4n) is 3.51. The second-order valence-electron chi connectivity index (χ2n) is 6.99. The maximum absolute atomic E-state index is 5.69. The lowest BCUT2D eigenvalue weighted by atomic mass is 9.87. The molecule has 0 bridgehead atoms. The maximum Gasteiger partial charge on any atom is 0.125 e. The van der Waals surface area contributed by atoms with E-state index in [2.05, 4.69) is 63.0 Å². The molecule has 2 rings (SSSR count). The van der Waals surface area contributed by atoms with E-state index < -0.39 is 0 Å². The molecule has 1 heterocycles. The fraction of sp³-hybridized carbons (Fsp3) is 0.600. The molecule has 1 aromatic rings. The summed E-state index contributed by atoms with van der Waals surface area (Å²) in [6, 6.07) is 4.53. The van der Waals surface area contributed by atoms with Gasteiger partial charge in [-0.1, -0.05) is 19.9 Å². The van der Waals surface area contributed by atoms with E-state index in [1.54, 1.807) is 7.11 Å². The van der Waals surface area contributed by atoms with Crippen LogP contribution in [0.25, 0.3) is 5.57 Å². The highest BCUT2D eigenvalue weighted by Crippen LogP contribution is 2.42. The lowest BCUT2D eigenvalue weighted by Gasteiger charge is -2.43. The Morgan fingerprint density at radius 3 is 2.52 bits per heavy atom. The third kappa shape index (κ3) is 3.72. The van der Waals surface area contributed by atoms with Crippen molar-refractivity contribution in [2.24, 2.45) is 0 Å². The summed E-state index contributed by atoms with van der Waals surface area (Å²) < 4.78 is 5.69. The second-order valence-corrected chi connectivity index (χ2v) is 6.99. The number of nitrogens with zero attached hydrogens (tertiary/aromatic N) is 1. The van der Waals surface area contributed by atoms with Crippen LogP contribution >= 0.6 is 0 Å². The molecule has 0 saturated carbocycles. The zero-order valence-corrected chi connectivity index (χ0v) is 15.6. The first-order chi connectivity index (χ1) is 10.9. The van der Waals surface area contributed by atoms with Gasteiger partial charge in [-0.05, 0) is 51.8 Å². The van der Waals surface area contributed by atoms with Gasteiger partial charge in [-0.3, -0.25) is 0 Å². The molecule has 0 amide bonds. The zero-order valence-electron chi connectivity index (χ0n) is 15.6. The minimum absolute atomic E-state index is 0.0417. The first-order valence-electron chi connectivity index (χ1n) is 8.83. The van der Waals surface area contributed by atoms with Crippen LogP contribution in [0, 0.1) is 0 Å². The molecule has 0 unspecified atom stereocenters. The summed E-state index contributed by atoms with van der Waals surface area (Å²) >= 11 is 0. The van der Waals surface area contributed by atoms with Crippen molar-refractivity contribution in [3.8, 4) is 5.75 Å². The summed E-state index contributed by atoms with van der Waals surface area (Å²) in [5, 5.41) is 3.49. The highest BCUT2D eigenvalue weighted by atomic mass is 16.5. The third-order valence-corrected chi connectivity index (χ3v) is 4.57. The average molecular weight is 316 g/mol. The van der Waals surface area contributed by atoms with Gasteiger partial charge in [-0.2, -0.15) is 0 Å². The number of rotatable bonds is 7. The molecule has 0 aromatic heterocycles. The highest BCUT2D eigenvalue weighted by Gasteiger charge is 2.31. The summed E-state index contributed by atoms with van der Waals surface area (Å²) in [4.78, 5) is 2.50. The van der Waals surface area contributed by atoms with Crippen LogP contribution in [-0.2, 0) is 6.54 Å². The molecule has 1 aliphatic heterocycles. The smallest absolute Gasteiger partial charge is 0.125 e. The highest BCUT2D eigenvalue weighted by molar-refractivity contribution is 5.82. The quantitative estimate of drug-likeness (QED) is 0.744. The normalized spacial score (nSPS) is 16.1. The average Bonchev–Trinajstić information content (AvgIpc) is 2.51. The van der Waals surface area contributed by atoms with Crippen LogP contribution in [0.1, 0.15) is 58.6 Å². The minimum atomic E-state index is 0.0417. The van der Waals surface area contributed by atoms with Gasteiger partial charge in [0.05, 0.1) is 12.6 Å². The molecule has 0 aliphatic carbocycles. The molecule has 3 nitrogen and oxygen atoms in total. The molecule has 1 aromatic carbocycles. The van der Waals surface area contributed by atoms with Crippen LogP contribution in [-0.4, -0.2) is 25.7 Å². The van der Waals surface area contributed by atoms with Crippen LogP contribution in [0.5, 0.6) is 5.75 Å². The molecule has 3 heteroatoms. The summed E-state index contributed by atoms with van der Waals surface area (Å²) in [7, 11) is 1.77. The first kappa shape index (κ1) is 17.9. The van der Waals surface area contributed by atoms with Gasteiger partial charge >= 0.3 is 0 Å². The van der Waals surface area contributed by atoms with E-state index in [1.807, 2.05) is 0 Å². The molecular formula is C20H32N2O. The summed E-state index contributed by atoms with van der Waals surface area (Å²) in [5.41, 5.74) is 5.28. The first-order valence-corrected chi connectivity index (χ1v) is 8.83. The molecular weight excluding hydrogens is 284 g/mol. The van der Waals surface area contributed by atoms with Crippen LogP contribution in [0.2, 0.25) is 0 Å². The van der Waals surface area contributed by atoms with Gasteiger partial charge in [-0.15, -0.1) is 0 Å². The van der Waals surface area contributed by atoms with Crippen molar-refractivity contribution in [3.05, 3.63) is 29.3 Å². The molecule has 0 radical (unpaired) electrons. The van der Waals surface area contributed by atoms with Gasteiger partial charge in [0.2, 0.25) is 0 Å². The Morgan fingerprint density at radius 1 is 1.17 bits per heavy atom. The summed E-state index contributed by atoms with van der Waals surface area (Å²) in [5.74, 6) is 0.985. The molecule has 128 valence electrons. The van der Waals surface area contributed by atoms with Crippen molar-refractivity contribution < 1.29 is 4.74 Å². The van der Waals surface area contributed by atoms with Crippen LogP contribution in [0.15, 0.2) is 18.2 Å². The third-order valence-electron chi connectivity index (χ3n) is 4.57. The van der Waals surface area contributed by atoms with E-state index in [9.17, 15) is 0 Å². The van der Waals surface area contributed by atoms with Crippen molar-refractivity contribution >= 4 is 11.3 Å². The number of benzene rings is 1.